The zero-order chi connectivity index (χ0) is 14.3. The zero-order valence-corrected chi connectivity index (χ0v) is 11.4. The fourth-order valence-corrected chi connectivity index (χ4v) is 2.36. The number of hydrogen-bond donors (Lipinski definition) is 2. The number of carbonyl (C=O) groups excluding carboxylic acids is 1. The highest BCUT2D eigenvalue weighted by atomic mass is 32.2. The van der Waals surface area contributed by atoms with Crippen molar-refractivity contribution in [1.82, 2.24) is 5.32 Å². The number of aliphatic carboxylic acids is 1. The topological polar surface area (TPSA) is 66.4 Å². The van der Waals surface area contributed by atoms with E-state index in [-0.39, 0.29) is 24.6 Å². The highest BCUT2D eigenvalue weighted by molar-refractivity contribution is 7.99. The van der Waals surface area contributed by atoms with E-state index in [1.54, 1.807) is 25.1 Å². The molecule has 0 saturated heterocycles. The lowest BCUT2D eigenvalue weighted by atomic mass is 10.2. The Morgan fingerprint density at radius 3 is 2.74 bits per heavy atom. The number of hydrogen-bond acceptors (Lipinski definition) is 3. The molecule has 0 aliphatic carbocycles. The van der Waals surface area contributed by atoms with Crippen molar-refractivity contribution in [2.75, 3.05) is 5.75 Å². The molecule has 1 aromatic rings. The summed E-state index contributed by atoms with van der Waals surface area (Å²) in [5.41, 5.74) is 0. The third-order valence-corrected chi connectivity index (χ3v) is 3.36. The number of carbonyl (C=O) groups is 2. The first kappa shape index (κ1) is 15.5. The molecular formula is C13H16FNO3S. The predicted molar refractivity (Wildman–Crippen MR) is 71.6 cm³/mol. The van der Waals surface area contributed by atoms with Crippen molar-refractivity contribution in [3.05, 3.63) is 30.1 Å². The van der Waals surface area contributed by atoms with E-state index in [0.717, 1.165) is 0 Å². The van der Waals surface area contributed by atoms with Crippen LogP contribution in [0.1, 0.15) is 19.8 Å². The molecule has 6 heteroatoms. The van der Waals surface area contributed by atoms with Gasteiger partial charge in [-0.2, -0.15) is 0 Å². The minimum Gasteiger partial charge on any atom is -0.481 e. The number of carboxylic acid groups (broad SMARTS) is 1. The molecular weight excluding hydrogens is 269 g/mol. The maximum atomic E-state index is 13.3. The van der Waals surface area contributed by atoms with Gasteiger partial charge in [-0.3, -0.25) is 9.59 Å². The molecule has 0 bridgehead atoms. The summed E-state index contributed by atoms with van der Waals surface area (Å²) < 4.78 is 13.3. The molecule has 1 atom stereocenters. The van der Waals surface area contributed by atoms with Crippen molar-refractivity contribution in [1.29, 1.82) is 0 Å². The van der Waals surface area contributed by atoms with Gasteiger partial charge in [-0.05, 0) is 19.1 Å². The summed E-state index contributed by atoms with van der Waals surface area (Å²) in [6.45, 7) is 1.63. The van der Waals surface area contributed by atoms with Gasteiger partial charge in [0.15, 0.2) is 0 Å². The van der Waals surface area contributed by atoms with Gasteiger partial charge in [0.2, 0.25) is 5.91 Å². The minimum atomic E-state index is -0.950. The maximum Gasteiger partial charge on any atom is 0.305 e. The summed E-state index contributed by atoms with van der Waals surface area (Å²) in [5, 5.41) is 11.1. The molecule has 0 aliphatic rings. The van der Waals surface area contributed by atoms with Crippen LogP contribution in [0.15, 0.2) is 29.2 Å². The number of halogens is 1. The number of amides is 1. The van der Waals surface area contributed by atoms with Gasteiger partial charge < -0.3 is 10.4 Å². The van der Waals surface area contributed by atoms with Crippen molar-refractivity contribution in [2.45, 2.75) is 30.7 Å². The largest absolute Gasteiger partial charge is 0.481 e. The van der Waals surface area contributed by atoms with Crippen molar-refractivity contribution in [3.63, 3.8) is 0 Å². The quantitative estimate of drug-likeness (QED) is 0.754. The summed E-state index contributed by atoms with van der Waals surface area (Å²) in [6, 6.07) is 5.98. The Morgan fingerprint density at radius 2 is 2.11 bits per heavy atom. The number of thioether (sulfide) groups is 1. The van der Waals surface area contributed by atoms with Gasteiger partial charge in [0, 0.05) is 23.1 Å². The fraction of sp³-hybridized carbons (Fsp3) is 0.385. The third-order valence-electron chi connectivity index (χ3n) is 2.31. The Morgan fingerprint density at radius 1 is 1.42 bits per heavy atom. The van der Waals surface area contributed by atoms with Gasteiger partial charge >= 0.3 is 5.97 Å². The Bertz CT molecular complexity index is 453. The molecule has 0 fully saturated rings. The van der Waals surface area contributed by atoms with Crippen molar-refractivity contribution < 1.29 is 19.1 Å². The molecule has 0 heterocycles. The lowest BCUT2D eigenvalue weighted by molar-refractivity contribution is -0.137. The molecule has 1 unspecified atom stereocenters. The van der Waals surface area contributed by atoms with E-state index in [1.807, 2.05) is 0 Å². The van der Waals surface area contributed by atoms with E-state index < -0.39 is 12.0 Å². The third kappa shape index (κ3) is 6.24. The van der Waals surface area contributed by atoms with Crippen molar-refractivity contribution in [2.24, 2.45) is 0 Å². The van der Waals surface area contributed by atoms with Crippen LogP contribution in [0.25, 0.3) is 0 Å². The van der Waals surface area contributed by atoms with Crippen LogP contribution >= 0.6 is 11.8 Å². The molecule has 104 valence electrons. The second-order valence-corrected chi connectivity index (χ2v) is 5.23. The molecule has 0 saturated carbocycles. The second kappa shape index (κ2) is 7.78. The minimum absolute atomic E-state index is 0.105. The Balaban J connectivity index is 2.28. The SMILES string of the molecule is CC(CC(=O)O)NC(=O)CCSc1ccccc1F. The molecule has 0 radical (unpaired) electrons. The van der Waals surface area contributed by atoms with Crippen LogP contribution in [0.4, 0.5) is 4.39 Å². The van der Waals surface area contributed by atoms with Crippen LogP contribution in [-0.2, 0) is 9.59 Å². The average molecular weight is 285 g/mol. The van der Waals surface area contributed by atoms with Crippen molar-refractivity contribution >= 4 is 23.6 Å². The van der Waals surface area contributed by atoms with E-state index in [4.69, 9.17) is 5.11 Å². The van der Waals surface area contributed by atoms with Gasteiger partial charge in [-0.15, -0.1) is 11.8 Å². The van der Waals surface area contributed by atoms with Crippen LogP contribution in [0.5, 0.6) is 0 Å². The van der Waals surface area contributed by atoms with Crippen LogP contribution < -0.4 is 5.32 Å². The smallest absolute Gasteiger partial charge is 0.305 e. The average Bonchev–Trinajstić information content (AvgIpc) is 2.30. The van der Waals surface area contributed by atoms with Gasteiger partial charge in [-0.1, -0.05) is 12.1 Å². The molecule has 1 rings (SSSR count). The van der Waals surface area contributed by atoms with Gasteiger partial charge in [0.05, 0.1) is 6.42 Å². The van der Waals surface area contributed by atoms with E-state index in [0.29, 0.717) is 10.6 Å². The number of nitrogens with one attached hydrogen (secondary N) is 1. The summed E-state index contributed by atoms with van der Waals surface area (Å²) in [4.78, 5) is 22.4. The van der Waals surface area contributed by atoms with Crippen molar-refractivity contribution in [3.8, 4) is 0 Å². The Labute approximate surface area is 115 Å². The zero-order valence-electron chi connectivity index (χ0n) is 10.6. The predicted octanol–water partition coefficient (Wildman–Crippen LogP) is 2.29. The molecule has 19 heavy (non-hydrogen) atoms. The number of benzene rings is 1. The normalized spacial score (nSPS) is 11.9. The summed E-state index contributed by atoms with van der Waals surface area (Å²) in [5.74, 6) is -1.02. The molecule has 0 aromatic heterocycles. The molecule has 0 aliphatic heterocycles. The first-order valence-corrected chi connectivity index (χ1v) is 6.86. The number of rotatable bonds is 7. The fourth-order valence-electron chi connectivity index (χ4n) is 1.48. The first-order chi connectivity index (χ1) is 8.99. The van der Waals surface area contributed by atoms with Crippen LogP contribution in [-0.4, -0.2) is 28.8 Å². The number of carboxylic acids is 1. The summed E-state index contributed by atoms with van der Waals surface area (Å²) >= 11 is 1.26. The van der Waals surface area contributed by atoms with Crippen LogP contribution in [0.3, 0.4) is 0 Å². The van der Waals surface area contributed by atoms with Gasteiger partial charge in [0.1, 0.15) is 5.82 Å². The lowest BCUT2D eigenvalue weighted by Gasteiger charge is -2.11. The monoisotopic (exact) mass is 285 g/mol. The van der Waals surface area contributed by atoms with Gasteiger partial charge in [-0.25, -0.2) is 4.39 Å². The lowest BCUT2D eigenvalue weighted by Crippen LogP contribution is -2.34. The Hall–Kier alpha value is -1.56. The Kier molecular flexibility index (Phi) is 6.35. The second-order valence-electron chi connectivity index (χ2n) is 4.10. The summed E-state index contributed by atoms with van der Waals surface area (Å²) in [6.07, 6.45) is 0.120. The molecule has 1 aromatic carbocycles. The van der Waals surface area contributed by atoms with E-state index in [1.165, 1.54) is 17.8 Å². The van der Waals surface area contributed by atoms with Gasteiger partial charge in [0.25, 0.3) is 0 Å². The van der Waals surface area contributed by atoms with Crippen LogP contribution in [0.2, 0.25) is 0 Å². The maximum absolute atomic E-state index is 13.3. The molecule has 0 spiro atoms. The molecule has 1 amide bonds. The van der Waals surface area contributed by atoms with E-state index >= 15 is 0 Å². The summed E-state index contributed by atoms with van der Waals surface area (Å²) in [7, 11) is 0. The first-order valence-electron chi connectivity index (χ1n) is 5.87. The highest BCUT2D eigenvalue weighted by Crippen LogP contribution is 2.21. The standard InChI is InChI=1S/C13H16FNO3S/c1-9(8-13(17)18)15-12(16)6-7-19-11-5-3-2-4-10(11)14/h2-5,9H,6-8H2,1H3,(H,15,16)(H,17,18). The highest BCUT2D eigenvalue weighted by Gasteiger charge is 2.11. The van der Waals surface area contributed by atoms with E-state index in [9.17, 15) is 14.0 Å². The molecule has 4 nitrogen and oxygen atoms in total. The molecule has 2 N–H and O–H groups in total. The van der Waals surface area contributed by atoms with E-state index in [2.05, 4.69) is 5.32 Å². The van der Waals surface area contributed by atoms with Crippen LogP contribution in [0, 0.1) is 5.82 Å².